The van der Waals surface area contributed by atoms with Crippen molar-refractivity contribution in [2.75, 3.05) is 12.0 Å². The number of halogens is 4. The molecule has 0 bridgehead atoms. The van der Waals surface area contributed by atoms with Gasteiger partial charge in [0.25, 0.3) is 11.8 Å². The molecule has 1 aliphatic heterocycles. The van der Waals surface area contributed by atoms with E-state index in [2.05, 4.69) is 5.32 Å². The van der Waals surface area contributed by atoms with E-state index >= 15 is 0 Å². The van der Waals surface area contributed by atoms with Crippen molar-refractivity contribution in [3.8, 4) is 11.5 Å². The van der Waals surface area contributed by atoms with Gasteiger partial charge in [0.05, 0.1) is 27.9 Å². The van der Waals surface area contributed by atoms with E-state index in [1.165, 1.54) is 25.3 Å². The number of aryl methyl sites for hydroxylation is 1. The Morgan fingerprint density at radius 3 is 2.32 bits per heavy atom. The average molecular weight is 580 g/mol. The summed E-state index contributed by atoms with van der Waals surface area (Å²) in [6.45, 7) is 1.92. The maximum Gasteiger partial charge on any atom is 0.335 e. The fraction of sp³-hybridized carbons (Fsp3) is 0.115. The van der Waals surface area contributed by atoms with Gasteiger partial charge in [-0.1, -0.05) is 58.5 Å². The Morgan fingerprint density at radius 1 is 0.892 bits per heavy atom. The normalized spacial score (nSPS) is 14.7. The van der Waals surface area contributed by atoms with Gasteiger partial charge >= 0.3 is 6.03 Å². The number of nitrogens with zero attached hydrogens (tertiary/aromatic N) is 1. The first-order chi connectivity index (χ1) is 17.6. The molecule has 190 valence electrons. The molecule has 0 saturated carbocycles. The Labute approximate surface area is 232 Å². The van der Waals surface area contributed by atoms with Crippen molar-refractivity contribution < 1.29 is 23.9 Å². The van der Waals surface area contributed by atoms with Crippen molar-refractivity contribution in [1.82, 2.24) is 5.32 Å². The van der Waals surface area contributed by atoms with Gasteiger partial charge in [0.2, 0.25) is 0 Å². The number of methoxy groups -OCH3 is 1. The third-order valence-corrected chi connectivity index (χ3v) is 6.87. The number of nitrogens with one attached hydrogen (secondary N) is 1. The van der Waals surface area contributed by atoms with Gasteiger partial charge in [-0.25, -0.2) is 9.69 Å². The van der Waals surface area contributed by atoms with E-state index in [4.69, 9.17) is 55.9 Å². The van der Waals surface area contributed by atoms with Gasteiger partial charge in [-0.3, -0.25) is 14.9 Å². The quantitative estimate of drug-likeness (QED) is 0.255. The lowest BCUT2D eigenvalue weighted by atomic mass is 10.1. The summed E-state index contributed by atoms with van der Waals surface area (Å²) in [4.78, 5) is 39.0. The van der Waals surface area contributed by atoms with Crippen molar-refractivity contribution in [3.63, 3.8) is 0 Å². The predicted octanol–water partition coefficient (Wildman–Crippen LogP) is 6.86. The molecule has 4 amide bonds. The molecule has 4 rings (SSSR count). The zero-order valence-electron chi connectivity index (χ0n) is 19.4. The van der Waals surface area contributed by atoms with Crippen molar-refractivity contribution in [2.24, 2.45) is 0 Å². The molecule has 37 heavy (non-hydrogen) atoms. The van der Waals surface area contributed by atoms with Crippen LogP contribution in [0.2, 0.25) is 20.1 Å². The molecule has 3 aromatic rings. The van der Waals surface area contributed by atoms with E-state index in [-0.39, 0.29) is 34.4 Å². The van der Waals surface area contributed by atoms with Gasteiger partial charge in [0.1, 0.15) is 12.2 Å². The number of amides is 4. The number of benzene rings is 3. The van der Waals surface area contributed by atoms with Gasteiger partial charge < -0.3 is 9.47 Å². The third-order valence-electron chi connectivity index (χ3n) is 5.45. The van der Waals surface area contributed by atoms with Crippen LogP contribution in [0.15, 0.2) is 54.1 Å². The second-order valence-electron chi connectivity index (χ2n) is 7.96. The minimum Gasteiger partial charge on any atom is -0.493 e. The minimum absolute atomic E-state index is 0.129. The van der Waals surface area contributed by atoms with Gasteiger partial charge in [0, 0.05) is 5.02 Å². The van der Waals surface area contributed by atoms with Crippen LogP contribution in [0.4, 0.5) is 10.5 Å². The summed E-state index contributed by atoms with van der Waals surface area (Å²) in [5.74, 6) is -1.15. The fourth-order valence-electron chi connectivity index (χ4n) is 3.53. The molecule has 1 saturated heterocycles. The summed E-state index contributed by atoms with van der Waals surface area (Å²) < 4.78 is 11.3. The largest absolute Gasteiger partial charge is 0.493 e. The van der Waals surface area contributed by atoms with Crippen LogP contribution in [0.1, 0.15) is 16.7 Å². The summed E-state index contributed by atoms with van der Waals surface area (Å²) >= 11 is 24.6. The molecule has 1 N–H and O–H groups in total. The van der Waals surface area contributed by atoms with Crippen molar-refractivity contribution in [2.45, 2.75) is 13.5 Å². The minimum atomic E-state index is -0.881. The highest BCUT2D eigenvalue weighted by Gasteiger charge is 2.37. The smallest absolute Gasteiger partial charge is 0.335 e. The van der Waals surface area contributed by atoms with Crippen LogP contribution in [-0.2, 0) is 16.2 Å². The molecule has 3 aromatic carbocycles. The Morgan fingerprint density at radius 2 is 1.65 bits per heavy atom. The standard InChI is InChI=1S/C26H18Cl4N2O5/c1-13-3-5-16(11-19(13)28)32-25(34)17(24(33)31-26(32)35)7-15-9-21(30)23(22(10-15)36-2)37-12-14-4-6-18(27)20(29)8-14/h3-11H,12H2,1-2H3,(H,31,33,35)/b17-7-. The second-order valence-corrected chi connectivity index (χ2v) is 9.59. The molecule has 1 aliphatic rings. The summed E-state index contributed by atoms with van der Waals surface area (Å²) in [5, 5.41) is 3.52. The maximum absolute atomic E-state index is 13.2. The van der Waals surface area contributed by atoms with Crippen LogP contribution in [0.25, 0.3) is 6.08 Å². The van der Waals surface area contributed by atoms with Crippen molar-refractivity contribution in [3.05, 3.63) is 90.9 Å². The van der Waals surface area contributed by atoms with Gasteiger partial charge in [-0.05, 0) is 66.1 Å². The number of ether oxygens (including phenoxy) is 2. The average Bonchev–Trinajstić information content (AvgIpc) is 2.85. The number of anilines is 1. The van der Waals surface area contributed by atoms with Crippen LogP contribution >= 0.6 is 46.4 Å². The monoisotopic (exact) mass is 578 g/mol. The number of carbonyl (C=O) groups is 3. The third kappa shape index (κ3) is 5.70. The number of barbiturate groups is 1. The first kappa shape index (κ1) is 26.8. The Balaban J connectivity index is 1.64. The lowest BCUT2D eigenvalue weighted by Gasteiger charge is -2.26. The molecule has 0 aliphatic carbocycles. The zero-order valence-corrected chi connectivity index (χ0v) is 22.4. The lowest BCUT2D eigenvalue weighted by Crippen LogP contribution is -2.54. The van der Waals surface area contributed by atoms with Crippen molar-refractivity contribution in [1.29, 1.82) is 0 Å². The number of hydrogen-bond donors (Lipinski definition) is 1. The van der Waals surface area contributed by atoms with Crippen LogP contribution in [0.5, 0.6) is 11.5 Å². The molecule has 0 spiro atoms. The van der Waals surface area contributed by atoms with Crippen LogP contribution < -0.4 is 19.7 Å². The molecule has 1 heterocycles. The molecule has 7 nitrogen and oxygen atoms in total. The Hall–Kier alpha value is -3.23. The number of rotatable bonds is 6. The number of urea groups is 1. The van der Waals surface area contributed by atoms with E-state index < -0.39 is 17.8 Å². The summed E-state index contributed by atoms with van der Waals surface area (Å²) in [5.41, 5.74) is 1.84. The zero-order chi connectivity index (χ0) is 26.9. The number of imide groups is 2. The summed E-state index contributed by atoms with van der Waals surface area (Å²) in [6, 6.07) is 12.0. The van der Waals surface area contributed by atoms with E-state index in [9.17, 15) is 14.4 Å². The number of hydrogen-bond acceptors (Lipinski definition) is 5. The van der Waals surface area contributed by atoms with E-state index in [1.807, 2.05) is 0 Å². The Bertz CT molecular complexity index is 1470. The second kappa shape index (κ2) is 11.0. The van der Waals surface area contributed by atoms with Crippen LogP contribution in [0.3, 0.4) is 0 Å². The van der Waals surface area contributed by atoms with Gasteiger partial charge in [-0.15, -0.1) is 0 Å². The van der Waals surface area contributed by atoms with E-state index in [0.29, 0.717) is 20.6 Å². The maximum atomic E-state index is 13.2. The predicted molar refractivity (Wildman–Crippen MR) is 144 cm³/mol. The first-order valence-electron chi connectivity index (χ1n) is 10.7. The highest BCUT2D eigenvalue weighted by molar-refractivity contribution is 6.42. The molecule has 0 aromatic heterocycles. The van der Waals surface area contributed by atoms with Crippen molar-refractivity contribution >= 4 is 76.0 Å². The fourth-order valence-corrected chi connectivity index (χ4v) is 4.30. The van der Waals surface area contributed by atoms with E-state index in [0.717, 1.165) is 16.0 Å². The van der Waals surface area contributed by atoms with E-state index in [1.54, 1.807) is 43.3 Å². The molecule has 0 radical (unpaired) electrons. The highest BCUT2D eigenvalue weighted by Crippen LogP contribution is 2.38. The first-order valence-corrected chi connectivity index (χ1v) is 12.2. The molecular weight excluding hydrogens is 562 g/mol. The van der Waals surface area contributed by atoms with Crippen LogP contribution in [-0.4, -0.2) is 25.0 Å². The molecule has 11 heteroatoms. The topological polar surface area (TPSA) is 84.9 Å². The lowest BCUT2D eigenvalue weighted by molar-refractivity contribution is -0.122. The summed E-state index contributed by atoms with van der Waals surface area (Å²) in [6.07, 6.45) is 1.31. The molecular formula is C26H18Cl4N2O5. The SMILES string of the molecule is COc1cc(/C=C2/C(=O)NC(=O)N(c3ccc(C)c(Cl)c3)C2=O)cc(Cl)c1OCc1ccc(Cl)c(Cl)c1. The Kier molecular flexibility index (Phi) is 7.99. The van der Waals surface area contributed by atoms with Gasteiger partial charge in [-0.2, -0.15) is 0 Å². The molecule has 1 fully saturated rings. The van der Waals surface area contributed by atoms with Gasteiger partial charge in [0.15, 0.2) is 11.5 Å². The molecule has 0 atom stereocenters. The summed E-state index contributed by atoms with van der Waals surface area (Å²) in [7, 11) is 1.43. The highest BCUT2D eigenvalue weighted by atomic mass is 35.5. The number of carbonyl (C=O) groups excluding carboxylic acids is 3. The van der Waals surface area contributed by atoms with Crippen LogP contribution in [0, 0.1) is 6.92 Å². The molecule has 0 unspecified atom stereocenters.